The lowest BCUT2D eigenvalue weighted by atomic mass is 10.1. The van der Waals surface area contributed by atoms with Gasteiger partial charge in [-0.3, -0.25) is 9.13 Å². The summed E-state index contributed by atoms with van der Waals surface area (Å²) in [6, 6.07) is 0. The molecule has 2 aliphatic rings. The van der Waals surface area contributed by atoms with Gasteiger partial charge >= 0.3 is 0 Å². The molecule has 2 fully saturated rings. The van der Waals surface area contributed by atoms with Crippen molar-refractivity contribution >= 4 is 35.1 Å². The highest BCUT2D eigenvalue weighted by Gasteiger charge is 2.74. The van der Waals surface area contributed by atoms with E-state index in [9.17, 15) is 0 Å². The van der Waals surface area contributed by atoms with Gasteiger partial charge in [0.1, 0.15) is 0 Å². The molecule has 0 aromatic carbocycles. The van der Waals surface area contributed by atoms with E-state index in [4.69, 9.17) is 0 Å². The molecule has 0 unspecified atom stereocenters. The summed E-state index contributed by atoms with van der Waals surface area (Å²) < 4.78 is 11.9. The minimum Gasteiger partial charge on any atom is -0.305 e. The molecule has 7 heteroatoms. The summed E-state index contributed by atoms with van der Waals surface area (Å²) in [5.74, 6) is 0. The second-order valence-corrected chi connectivity index (χ2v) is 30.8. The maximum atomic E-state index is 3.04. The Hall–Kier alpha value is 1.00. The lowest BCUT2D eigenvalue weighted by Gasteiger charge is -2.61. The van der Waals surface area contributed by atoms with E-state index in [1.165, 1.54) is 26.2 Å². The number of nitrogens with zero attached hydrogens (tertiary/aromatic N) is 4. The summed E-state index contributed by atoms with van der Waals surface area (Å²) in [6.45, 7) is 36.8. The zero-order valence-corrected chi connectivity index (χ0v) is 25.2. The average Bonchev–Trinajstić information content (AvgIpc) is 2.96. The van der Waals surface area contributed by atoms with Crippen LogP contribution in [0, 0.1) is 0 Å². The van der Waals surface area contributed by atoms with Crippen LogP contribution in [0.3, 0.4) is 0 Å². The van der Waals surface area contributed by atoms with Crippen LogP contribution in [0.4, 0.5) is 0 Å². The predicted molar refractivity (Wildman–Crippen MR) is 137 cm³/mol. The average molecular weight is 539 g/mol. The molecule has 0 atom stereocenters. The van der Waals surface area contributed by atoms with Crippen molar-refractivity contribution in [2.45, 2.75) is 112 Å². The van der Waals surface area contributed by atoms with Crippen LogP contribution in [0.1, 0.15) is 83.1 Å². The standard InChI is InChI=1S/C21H47IN4Si2/c1-18(2,3)23-14-15-24(19(4,5)6)27(23,13)28(22)25(20(7,8)9)16-17-26(28)21(10,11)12/h14-17H2,1-13H3. The molecule has 0 aromatic heterocycles. The fourth-order valence-electron chi connectivity index (χ4n) is 5.81. The van der Waals surface area contributed by atoms with Gasteiger partial charge in [-0.15, -0.1) is 0 Å². The Kier molecular flexibility index (Phi) is 6.56. The largest absolute Gasteiger partial charge is 0.305 e. The topological polar surface area (TPSA) is 13.0 Å². The van der Waals surface area contributed by atoms with E-state index in [0.717, 1.165) is 0 Å². The molecule has 28 heavy (non-hydrogen) atoms. The van der Waals surface area contributed by atoms with E-state index < -0.39 is 13.3 Å². The molecule has 0 aromatic rings. The van der Waals surface area contributed by atoms with Gasteiger partial charge in [-0.1, -0.05) is 21.8 Å². The Morgan fingerprint density at radius 2 is 0.714 bits per heavy atom. The fraction of sp³-hybridized carbons (Fsp3) is 1.00. The Labute approximate surface area is 190 Å². The number of hydrogen-bond acceptors (Lipinski definition) is 4. The third-order valence-corrected chi connectivity index (χ3v) is 34.6. The lowest BCUT2D eigenvalue weighted by Crippen LogP contribution is -2.87. The molecule has 0 amide bonds. The van der Waals surface area contributed by atoms with Gasteiger partial charge in [0.25, 0.3) is 5.41 Å². The molecule has 4 nitrogen and oxygen atoms in total. The zero-order valence-electron chi connectivity index (χ0n) is 21.0. The van der Waals surface area contributed by atoms with E-state index in [1.807, 2.05) is 0 Å². The maximum absolute atomic E-state index is 3.04. The van der Waals surface area contributed by atoms with Crippen LogP contribution in [0.25, 0.3) is 0 Å². The van der Waals surface area contributed by atoms with Crippen molar-refractivity contribution in [3.8, 4) is 0 Å². The van der Waals surface area contributed by atoms with Crippen molar-refractivity contribution in [3.05, 3.63) is 0 Å². The SMILES string of the molecule is CC(C)(C)N1CCN(C(C)(C)C)[Si]1(C)[Si]1(I)N(C(C)(C)C)CCN1C(C)(C)C. The molecule has 0 saturated carbocycles. The second-order valence-electron chi connectivity index (χ2n) is 12.9. The normalized spacial score (nSPS) is 26.4. The van der Waals surface area contributed by atoms with Gasteiger partial charge in [-0.2, -0.15) is 0 Å². The Bertz CT molecular complexity index is 487. The van der Waals surface area contributed by atoms with Crippen molar-refractivity contribution in [2.24, 2.45) is 0 Å². The maximum Gasteiger partial charge on any atom is 0.295 e. The van der Waals surface area contributed by atoms with Crippen molar-refractivity contribution in [1.29, 1.82) is 0 Å². The minimum atomic E-state index is -2.03. The number of hydrogen-bond donors (Lipinski definition) is 0. The zero-order chi connectivity index (χ0) is 22.1. The van der Waals surface area contributed by atoms with Crippen LogP contribution in [0.2, 0.25) is 6.55 Å². The quantitative estimate of drug-likeness (QED) is 0.266. The molecule has 2 aliphatic heterocycles. The molecule has 2 saturated heterocycles. The van der Waals surface area contributed by atoms with E-state index in [-0.39, 0.29) is 22.2 Å². The molecule has 0 aliphatic carbocycles. The monoisotopic (exact) mass is 538 g/mol. The van der Waals surface area contributed by atoms with Crippen LogP contribution in [-0.4, -0.2) is 79.9 Å². The van der Waals surface area contributed by atoms with Crippen molar-refractivity contribution < 1.29 is 0 Å². The summed E-state index contributed by atoms with van der Waals surface area (Å²) in [5.41, 5.74) is -1.25. The smallest absolute Gasteiger partial charge is 0.295 e. The highest BCUT2D eigenvalue weighted by molar-refractivity contribution is 14.1. The van der Waals surface area contributed by atoms with Gasteiger partial charge in [0.15, 0.2) is 0 Å². The summed E-state index contributed by atoms with van der Waals surface area (Å²) in [4.78, 5) is 0. The van der Waals surface area contributed by atoms with Crippen LogP contribution < -0.4 is 0 Å². The first-order valence-electron chi connectivity index (χ1n) is 11.0. The third kappa shape index (κ3) is 3.95. The first-order valence-corrected chi connectivity index (χ1v) is 19.4. The molecule has 0 radical (unpaired) electrons. The van der Waals surface area contributed by atoms with Crippen LogP contribution in [-0.2, 0) is 0 Å². The molecule has 0 N–H and O–H groups in total. The summed E-state index contributed by atoms with van der Waals surface area (Å²) in [5, 5.41) is 0. The summed E-state index contributed by atoms with van der Waals surface area (Å²) in [6.07, 6.45) is 0. The Balaban J connectivity index is 2.81. The first-order chi connectivity index (χ1) is 12.2. The summed E-state index contributed by atoms with van der Waals surface area (Å²) in [7, 11) is -2.01. The van der Waals surface area contributed by atoms with E-state index in [0.29, 0.717) is 0 Å². The van der Waals surface area contributed by atoms with Gasteiger partial charge in [-0.25, -0.2) is 0 Å². The molecule has 0 spiro atoms. The van der Waals surface area contributed by atoms with E-state index >= 15 is 0 Å². The highest BCUT2D eigenvalue weighted by Crippen LogP contribution is 2.50. The molecule has 0 bridgehead atoms. The molecular formula is C21H47IN4Si2. The Morgan fingerprint density at radius 1 is 0.500 bits per heavy atom. The first kappa shape index (κ1) is 25.3. The van der Waals surface area contributed by atoms with Crippen LogP contribution in [0.15, 0.2) is 0 Å². The van der Waals surface area contributed by atoms with Gasteiger partial charge in [0.05, 0.1) is 0 Å². The minimum absolute atomic E-state index is 0.194. The Morgan fingerprint density at radius 3 is 0.929 bits per heavy atom. The second kappa shape index (κ2) is 7.27. The van der Waals surface area contributed by atoms with Gasteiger partial charge in [0.2, 0.25) is 7.91 Å². The molecule has 166 valence electrons. The van der Waals surface area contributed by atoms with E-state index in [1.54, 1.807) is 0 Å². The van der Waals surface area contributed by atoms with Gasteiger partial charge in [0, 0.05) is 48.3 Å². The third-order valence-electron chi connectivity index (χ3n) is 6.70. The lowest BCUT2D eigenvalue weighted by molar-refractivity contribution is 0.236. The van der Waals surface area contributed by atoms with Gasteiger partial charge in [-0.05, 0) is 89.6 Å². The van der Waals surface area contributed by atoms with Crippen molar-refractivity contribution in [1.82, 2.24) is 18.3 Å². The van der Waals surface area contributed by atoms with Gasteiger partial charge < -0.3 is 9.13 Å². The van der Waals surface area contributed by atoms with Crippen LogP contribution >= 0.6 is 21.8 Å². The number of halogens is 1. The molecule has 2 rings (SSSR count). The van der Waals surface area contributed by atoms with Crippen LogP contribution in [0.5, 0.6) is 0 Å². The van der Waals surface area contributed by atoms with Crippen molar-refractivity contribution in [3.63, 3.8) is 0 Å². The van der Waals surface area contributed by atoms with Crippen molar-refractivity contribution in [2.75, 3.05) is 26.2 Å². The fourth-order valence-corrected chi connectivity index (χ4v) is 35.9. The number of rotatable bonds is 1. The van der Waals surface area contributed by atoms with E-state index in [2.05, 4.69) is 130 Å². The highest BCUT2D eigenvalue weighted by atomic mass is 127. The molecule has 2 heterocycles. The predicted octanol–water partition coefficient (Wildman–Crippen LogP) is 4.94. The molecular weight excluding hydrogens is 491 g/mol. The summed E-state index contributed by atoms with van der Waals surface area (Å²) >= 11 is 3.04.